The van der Waals surface area contributed by atoms with E-state index in [2.05, 4.69) is 10.3 Å². The number of rotatable bonds is 6. The average molecular weight is 363 g/mol. The molecule has 1 N–H and O–H groups in total. The Bertz CT molecular complexity index is 935. The standard InChI is InChI=1S/C21H21N3O3/c1-3-24(17-7-4-6-15(2)12-17)21(26)16-9-10-22-19(13-16)20(25)23-14-18-8-5-11-27-18/h4-13H,3,14H2,1-2H3,(H,23,25). The maximum atomic E-state index is 13.0. The van der Waals surface area contributed by atoms with E-state index in [1.165, 1.54) is 12.3 Å². The summed E-state index contributed by atoms with van der Waals surface area (Å²) in [5.74, 6) is 0.109. The van der Waals surface area contributed by atoms with Gasteiger partial charge in [-0.05, 0) is 55.8 Å². The molecule has 0 unspecified atom stereocenters. The van der Waals surface area contributed by atoms with Crippen molar-refractivity contribution in [2.75, 3.05) is 11.4 Å². The third-order valence-corrected chi connectivity index (χ3v) is 4.12. The molecule has 0 aliphatic carbocycles. The Labute approximate surface area is 157 Å². The van der Waals surface area contributed by atoms with Crippen LogP contribution in [0.3, 0.4) is 0 Å². The number of anilines is 1. The summed E-state index contributed by atoms with van der Waals surface area (Å²) in [6, 6.07) is 14.4. The second-order valence-corrected chi connectivity index (χ2v) is 6.08. The van der Waals surface area contributed by atoms with E-state index in [1.54, 1.807) is 29.4 Å². The molecule has 0 bridgehead atoms. The lowest BCUT2D eigenvalue weighted by Gasteiger charge is -2.21. The molecule has 6 nitrogen and oxygen atoms in total. The van der Waals surface area contributed by atoms with E-state index in [-0.39, 0.29) is 24.1 Å². The fourth-order valence-corrected chi connectivity index (χ4v) is 2.75. The molecule has 0 aliphatic heterocycles. The molecule has 0 saturated heterocycles. The number of amides is 2. The number of carbonyl (C=O) groups is 2. The molecule has 0 spiro atoms. The zero-order valence-electron chi connectivity index (χ0n) is 15.3. The SMILES string of the molecule is CCN(C(=O)c1ccnc(C(=O)NCc2ccco2)c1)c1cccc(C)c1. The highest BCUT2D eigenvalue weighted by Gasteiger charge is 2.18. The van der Waals surface area contributed by atoms with Crippen LogP contribution in [0.5, 0.6) is 0 Å². The zero-order chi connectivity index (χ0) is 19.2. The molecule has 0 atom stereocenters. The lowest BCUT2D eigenvalue weighted by molar-refractivity contribution is 0.0943. The summed E-state index contributed by atoms with van der Waals surface area (Å²) in [6.45, 7) is 4.68. The highest BCUT2D eigenvalue weighted by molar-refractivity contribution is 6.07. The van der Waals surface area contributed by atoms with E-state index >= 15 is 0 Å². The summed E-state index contributed by atoms with van der Waals surface area (Å²) in [5, 5.41) is 2.73. The van der Waals surface area contributed by atoms with Crippen molar-refractivity contribution < 1.29 is 14.0 Å². The van der Waals surface area contributed by atoms with Crippen molar-refractivity contribution >= 4 is 17.5 Å². The van der Waals surface area contributed by atoms with Crippen LogP contribution in [0.25, 0.3) is 0 Å². The van der Waals surface area contributed by atoms with Gasteiger partial charge < -0.3 is 14.6 Å². The van der Waals surface area contributed by atoms with Crippen molar-refractivity contribution in [2.45, 2.75) is 20.4 Å². The maximum Gasteiger partial charge on any atom is 0.270 e. The largest absolute Gasteiger partial charge is 0.467 e. The summed E-state index contributed by atoms with van der Waals surface area (Å²) in [7, 11) is 0. The number of hydrogen-bond acceptors (Lipinski definition) is 4. The first-order chi connectivity index (χ1) is 13.1. The Balaban J connectivity index is 1.77. The average Bonchev–Trinajstić information content (AvgIpc) is 3.20. The molecule has 138 valence electrons. The first kappa shape index (κ1) is 18.4. The van der Waals surface area contributed by atoms with Gasteiger partial charge in [0.25, 0.3) is 11.8 Å². The summed E-state index contributed by atoms with van der Waals surface area (Å²) >= 11 is 0. The van der Waals surface area contributed by atoms with Gasteiger partial charge in [-0.25, -0.2) is 0 Å². The van der Waals surface area contributed by atoms with Gasteiger partial charge in [0.05, 0.1) is 12.8 Å². The second-order valence-electron chi connectivity index (χ2n) is 6.08. The molecule has 0 radical (unpaired) electrons. The van der Waals surface area contributed by atoms with E-state index in [1.807, 2.05) is 38.1 Å². The summed E-state index contributed by atoms with van der Waals surface area (Å²) < 4.78 is 5.19. The van der Waals surface area contributed by atoms with Gasteiger partial charge in [-0.2, -0.15) is 0 Å². The lowest BCUT2D eigenvalue weighted by atomic mass is 10.1. The van der Waals surface area contributed by atoms with Crippen LogP contribution in [0, 0.1) is 6.92 Å². The molecular weight excluding hydrogens is 342 g/mol. The Morgan fingerprint density at radius 3 is 2.70 bits per heavy atom. The monoisotopic (exact) mass is 363 g/mol. The number of carbonyl (C=O) groups excluding carboxylic acids is 2. The van der Waals surface area contributed by atoms with Gasteiger partial charge in [-0.15, -0.1) is 0 Å². The minimum absolute atomic E-state index is 0.175. The quantitative estimate of drug-likeness (QED) is 0.726. The normalized spacial score (nSPS) is 10.4. The molecule has 3 aromatic rings. The summed E-state index contributed by atoms with van der Waals surface area (Å²) in [4.78, 5) is 31.0. The predicted molar refractivity (Wildman–Crippen MR) is 103 cm³/mol. The van der Waals surface area contributed by atoms with Crippen molar-refractivity contribution in [3.63, 3.8) is 0 Å². The van der Waals surface area contributed by atoms with Crippen LogP contribution in [-0.2, 0) is 6.54 Å². The van der Waals surface area contributed by atoms with Crippen LogP contribution in [0.1, 0.15) is 39.1 Å². The topological polar surface area (TPSA) is 75.4 Å². The van der Waals surface area contributed by atoms with Gasteiger partial charge in [-0.3, -0.25) is 14.6 Å². The number of nitrogens with one attached hydrogen (secondary N) is 1. The van der Waals surface area contributed by atoms with E-state index < -0.39 is 0 Å². The Morgan fingerprint density at radius 2 is 2.00 bits per heavy atom. The number of aryl methyl sites for hydroxylation is 1. The van der Waals surface area contributed by atoms with E-state index in [0.717, 1.165) is 11.3 Å². The van der Waals surface area contributed by atoms with Gasteiger partial charge >= 0.3 is 0 Å². The first-order valence-corrected chi connectivity index (χ1v) is 8.73. The fraction of sp³-hybridized carbons (Fsp3) is 0.190. The molecule has 2 amide bonds. The highest BCUT2D eigenvalue weighted by atomic mass is 16.3. The highest BCUT2D eigenvalue weighted by Crippen LogP contribution is 2.18. The van der Waals surface area contributed by atoms with Crippen molar-refractivity contribution in [1.82, 2.24) is 10.3 Å². The number of aromatic nitrogens is 1. The Morgan fingerprint density at radius 1 is 1.15 bits per heavy atom. The van der Waals surface area contributed by atoms with Crippen molar-refractivity contribution in [1.29, 1.82) is 0 Å². The summed E-state index contributed by atoms with van der Waals surface area (Å²) in [6.07, 6.45) is 3.02. The molecule has 0 fully saturated rings. The Kier molecular flexibility index (Phi) is 5.66. The number of benzene rings is 1. The summed E-state index contributed by atoms with van der Waals surface area (Å²) in [5.41, 5.74) is 2.50. The van der Waals surface area contributed by atoms with Crippen LogP contribution in [0.4, 0.5) is 5.69 Å². The molecule has 27 heavy (non-hydrogen) atoms. The Hall–Kier alpha value is -3.41. The number of hydrogen-bond donors (Lipinski definition) is 1. The smallest absolute Gasteiger partial charge is 0.270 e. The molecule has 6 heteroatoms. The van der Waals surface area contributed by atoms with E-state index in [0.29, 0.717) is 17.9 Å². The fourth-order valence-electron chi connectivity index (χ4n) is 2.75. The third-order valence-electron chi connectivity index (χ3n) is 4.12. The molecule has 0 aliphatic rings. The molecular formula is C21H21N3O3. The maximum absolute atomic E-state index is 13.0. The molecule has 0 saturated carbocycles. The van der Waals surface area contributed by atoms with Crippen LogP contribution < -0.4 is 10.2 Å². The van der Waals surface area contributed by atoms with Gasteiger partial charge in [0.1, 0.15) is 11.5 Å². The van der Waals surface area contributed by atoms with Crippen molar-refractivity contribution in [3.8, 4) is 0 Å². The van der Waals surface area contributed by atoms with Crippen LogP contribution >= 0.6 is 0 Å². The molecule has 3 rings (SSSR count). The molecule has 1 aromatic carbocycles. The van der Waals surface area contributed by atoms with Crippen LogP contribution in [-0.4, -0.2) is 23.3 Å². The van der Waals surface area contributed by atoms with Gasteiger partial charge in [0.15, 0.2) is 0 Å². The zero-order valence-corrected chi connectivity index (χ0v) is 15.3. The second kappa shape index (κ2) is 8.31. The van der Waals surface area contributed by atoms with Crippen LogP contribution in [0.2, 0.25) is 0 Å². The third kappa shape index (κ3) is 4.41. The predicted octanol–water partition coefficient (Wildman–Crippen LogP) is 3.58. The van der Waals surface area contributed by atoms with Gasteiger partial charge in [0.2, 0.25) is 0 Å². The van der Waals surface area contributed by atoms with Gasteiger partial charge in [0, 0.05) is 24.0 Å². The van der Waals surface area contributed by atoms with Crippen molar-refractivity contribution in [3.05, 3.63) is 83.6 Å². The lowest BCUT2D eigenvalue weighted by Crippen LogP contribution is -2.31. The van der Waals surface area contributed by atoms with E-state index in [4.69, 9.17) is 4.42 Å². The molecule has 2 heterocycles. The van der Waals surface area contributed by atoms with Crippen LogP contribution in [0.15, 0.2) is 65.4 Å². The van der Waals surface area contributed by atoms with E-state index in [9.17, 15) is 9.59 Å². The number of furan rings is 1. The minimum Gasteiger partial charge on any atom is -0.467 e. The van der Waals surface area contributed by atoms with Crippen molar-refractivity contribution in [2.24, 2.45) is 0 Å². The molecule has 2 aromatic heterocycles. The number of pyridine rings is 1. The minimum atomic E-state index is -0.361. The first-order valence-electron chi connectivity index (χ1n) is 8.73. The van der Waals surface area contributed by atoms with Gasteiger partial charge in [-0.1, -0.05) is 12.1 Å². The number of nitrogens with zero attached hydrogens (tertiary/aromatic N) is 2.